The second-order valence-corrected chi connectivity index (χ2v) is 4.28. The number of rotatable bonds is 6. The van der Waals surface area contributed by atoms with Crippen molar-refractivity contribution in [2.24, 2.45) is 5.73 Å². The molecule has 0 aliphatic rings. The van der Waals surface area contributed by atoms with Gasteiger partial charge in [0.2, 0.25) is 5.75 Å². The Hall–Kier alpha value is -2.20. The quantitative estimate of drug-likeness (QED) is 0.879. The fourth-order valence-electron chi connectivity index (χ4n) is 1.93. The van der Waals surface area contributed by atoms with Crippen molar-refractivity contribution < 1.29 is 14.2 Å². The summed E-state index contributed by atoms with van der Waals surface area (Å²) < 4.78 is 16.5. The summed E-state index contributed by atoms with van der Waals surface area (Å²) in [6, 6.07) is 13.4. The predicted molar refractivity (Wildman–Crippen MR) is 78.8 cm³/mol. The van der Waals surface area contributed by atoms with Gasteiger partial charge in [0.1, 0.15) is 5.75 Å². The summed E-state index contributed by atoms with van der Waals surface area (Å²) in [7, 11) is 3.21. The van der Waals surface area contributed by atoms with E-state index in [-0.39, 0.29) is 0 Å². The molecule has 4 heteroatoms. The first-order chi connectivity index (χ1) is 9.78. The van der Waals surface area contributed by atoms with Crippen molar-refractivity contribution in [3.05, 3.63) is 48.0 Å². The van der Waals surface area contributed by atoms with Crippen molar-refractivity contribution in [2.45, 2.75) is 6.42 Å². The first-order valence-electron chi connectivity index (χ1n) is 6.46. The summed E-state index contributed by atoms with van der Waals surface area (Å²) in [5.74, 6) is 2.57. The molecule has 2 aromatic carbocycles. The lowest BCUT2D eigenvalue weighted by Gasteiger charge is -2.14. The third-order valence-corrected chi connectivity index (χ3v) is 2.96. The largest absolute Gasteiger partial charge is 0.493 e. The highest BCUT2D eigenvalue weighted by Crippen LogP contribution is 2.39. The molecule has 4 nitrogen and oxygen atoms in total. The Morgan fingerprint density at radius 3 is 2.00 bits per heavy atom. The van der Waals surface area contributed by atoms with Crippen LogP contribution in [0.3, 0.4) is 0 Å². The Kier molecular flexibility index (Phi) is 4.85. The van der Waals surface area contributed by atoms with Crippen LogP contribution in [0, 0.1) is 0 Å². The summed E-state index contributed by atoms with van der Waals surface area (Å²) in [4.78, 5) is 0. The lowest BCUT2D eigenvalue weighted by atomic mass is 10.1. The van der Waals surface area contributed by atoms with Crippen LogP contribution in [0.1, 0.15) is 5.56 Å². The molecular formula is C16H19NO3. The van der Waals surface area contributed by atoms with Gasteiger partial charge in [0, 0.05) is 0 Å². The number of hydrogen-bond acceptors (Lipinski definition) is 4. The first kappa shape index (κ1) is 14.2. The molecule has 2 rings (SSSR count). The normalized spacial score (nSPS) is 10.2. The molecule has 0 aliphatic heterocycles. The van der Waals surface area contributed by atoms with Crippen LogP contribution in [-0.4, -0.2) is 20.8 Å². The maximum Gasteiger partial charge on any atom is 0.210 e. The van der Waals surface area contributed by atoms with Crippen LogP contribution in [0.2, 0.25) is 0 Å². The third-order valence-electron chi connectivity index (χ3n) is 2.96. The highest BCUT2D eigenvalue weighted by molar-refractivity contribution is 5.53. The molecule has 0 amide bonds. The van der Waals surface area contributed by atoms with E-state index in [1.165, 1.54) is 5.56 Å². The van der Waals surface area contributed by atoms with Crippen LogP contribution in [0.4, 0.5) is 0 Å². The lowest BCUT2D eigenvalue weighted by molar-refractivity contribution is 0.346. The summed E-state index contributed by atoms with van der Waals surface area (Å²) in [5.41, 5.74) is 6.72. The van der Waals surface area contributed by atoms with E-state index >= 15 is 0 Å². The van der Waals surface area contributed by atoms with Gasteiger partial charge in [-0.1, -0.05) is 18.2 Å². The minimum Gasteiger partial charge on any atom is -0.493 e. The maximum absolute atomic E-state index is 5.87. The lowest BCUT2D eigenvalue weighted by Crippen LogP contribution is -2.02. The molecule has 0 atom stereocenters. The van der Waals surface area contributed by atoms with Gasteiger partial charge in [-0.05, 0) is 42.8 Å². The second kappa shape index (κ2) is 6.82. The third kappa shape index (κ3) is 3.22. The summed E-state index contributed by atoms with van der Waals surface area (Å²) in [5, 5.41) is 0. The van der Waals surface area contributed by atoms with Crippen molar-refractivity contribution in [3.8, 4) is 23.0 Å². The van der Waals surface area contributed by atoms with Crippen molar-refractivity contribution in [1.29, 1.82) is 0 Å². The molecule has 0 unspecified atom stereocenters. The topological polar surface area (TPSA) is 53.7 Å². The number of para-hydroxylation sites is 1. The van der Waals surface area contributed by atoms with Crippen LogP contribution in [0.5, 0.6) is 23.0 Å². The van der Waals surface area contributed by atoms with Crippen molar-refractivity contribution in [2.75, 3.05) is 20.8 Å². The Labute approximate surface area is 119 Å². The van der Waals surface area contributed by atoms with E-state index in [9.17, 15) is 0 Å². The highest BCUT2D eigenvalue weighted by Gasteiger charge is 2.12. The number of methoxy groups -OCH3 is 2. The van der Waals surface area contributed by atoms with Gasteiger partial charge in [0.05, 0.1) is 14.2 Å². The van der Waals surface area contributed by atoms with Crippen LogP contribution in [0.15, 0.2) is 42.5 Å². The smallest absolute Gasteiger partial charge is 0.210 e. The Balaban J connectivity index is 2.24. The average molecular weight is 273 g/mol. The highest BCUT2D eigenvalue weighted by atomic mass is 16.5. The van der Waals surface area contributed by atoms with Gasteiger partial charge < -0.3 is 19.9 Å². The molecule has 106 valence electrons. The molecule has 0 fully saturated rings. The van der Waals surface area contributed by atoms with Crippen molar-refractivity contribution in [1.82, 2.24) is 0 Å². The van der Waals surface area contributed by atoms with E-state index in [4.69, 9.17) is 19.9 Å². The molecule has 0 aromatic heterocycles. The summed E-state index contributed by atoms with van der Waals surface area (Å²) in [6.07, 6.45) is 0.859. The fourth-order valence-corrected chi connectivity index (χ4v) is 1.93. The fraction of sp³-hybridized carbons (Fsp3) is 0.250. The van der Waals surface area contributed by atoms with Gasteiger partial charge in [-0.3, -0.25) is 0 Å². The number of nitrogens with two attached hydrogens (primary N) is 1. The summed E-state index contributed by atoms with van der Waals surface area (Å²) in [6.45, 7) is 0.639. The summed E-state index contributed by atoms with van der Waals surface area (Å²) >= 11 is 0. The molecule has 2 aromatic rings. The number of ether oxygens (including phenoxy) is 3. The Morgan fingerprint density at radius 1 is 0.900 bits per heavy atom. The van der Waals surface area contributed by atoms with Crippen LogP contribution >= 0.6 is 0 Å². The van der Waals surface area contributed by atoms with Crippen LogP contribution < -0.4 is 19.9 Å². The van der Waals surface area contributed by atoms with Gasteiger partial charge in [0.25, 0.3) is 0 Å². The van der Waals surface area contributed by atoms with Gasteiger partial charge >= 0.3 is 0 Å². The zero-order chi connectivity index (χ0) is 14.4. The minimum absolute atomic E-state index is 0.573. The van der Waals surface area contributed by atoms with E-state index in [2.05, 4.69) is 0 Å². The minimum atomic E-state index is 0.573. The van der Waals surface area contributed by atoms with E-state index < -0.39 is 0 Å². The molecule has 0 radical (unpaired) electrons. The Morgan fingerprint density at radius 2 is 1.50 bits per heavy atom. The molecule has 0 spiro atoms. The van der Waals surface area contributed by atoms with Crippen LogP contribution in [-0.2, 0) is 6.42 Å². The molecule has 2 N–H and O–H groups in total. The first-order valence-corrected chi connectivity index (χ1v) is 6.46. The van der Waals surface area contributed by atoms with Gasteiger partial charge in [0.15, 0.2) is 11.5 Å². The number of hydrogen-bond donors (Lipinski definition) is 1. The van der Waals surface area contributed by atoms with E-state index in [0.717, 1.165) is 12.2 Å². The van der Waals surface area contributed by atoms with Gasteiger partial charge in [-0.25, -0.2) is 0 Å². The van der Waals surface area contributed by atoms with E-state index in [1.54, 1.807) is 14.2 Å². The second-order valence-electron chi connectivity index (χ2n) is 4.28. The molecule has 0 saturated heterocycles. The molecule has 0 heterocycles. The van der Waals surface area contributed by atoms with Gasteiger partial charge in [-0.2, -0.15) is 0 Å². The average Bonchev–Trinajstić information content (AvgIpc) is 2.49. The number of benzene rings is 2. The zero-order valence-electron chi connectivity index (χ0n) is 11.8. The van der Waals surface area contributed by atoms with Crippen molar-refractivity contribution >= 4 is 0 Å². The van der Waals surface area contributed by atoms with Gasteiger partial charge in [-0.15, -0.1) is 0 Å². The van der Waals surface area contributed by atoms with Crippen LogP contribution in [0.25, 0.3) is 0 Å². The van der Waals surface area contributed by atoms with E-state index in [1.807, 2.05) is 42.5 Å². The zero-order valence-corrected chi connectivity index (χ0v) is 11.8. The Bertz CT molecular complexity index is 530. The molecule has 0 bridgehead atoms. The monoisotopic (exact) mass is 273 g/mol. The standard InChI is InChI=1S/C16H19NO3/c1-18-14-4-3-5-15(19-2)16(14)20-13-8-6-12(7-9-13)10-11-17/h3-9H,10-11,17H2,1-2H3. The molecule has 0 saturated carbocycles. The maximum atomic E-state index is 5.87. The SMILES string of the molecule is COc1cccc(OC)c1Oc1ccc(CCN)cc1. The van der Waals surface area contributed by atoms with Crippen molar-refractivity contribution in [3.63, 3.8) is 0 Å². The molecule has 0 aliphatic carbocycles. The van der Waals surface area contributed by atoms with E-state index in [0.29, 0.717) is 23.8 Å². The molecular weight excluding hydrogens is 254 g/mol. The molecule has 20 heavy (non-hydrogen) atoms. The predicted octanol–water partition coefficient (Wildman–Crippen LogP) is 3.00.